The lowest BCUT2D eigenvalue weighted by atomic mass is 9.76. The third kappa shape index (κ3) is 6.12. The Labute approximate surface area is 85.1 Å². The second-order valence-electron chi connectivity index (χ2n) is 5.48. The van der Waals surface area contributed by atoms with E-state index in [1.54, 1.807) is 0 Å². The van der Waals surface area contributed by atoms with Crippen LogP contribution in [0.4, 0.5) is 0 Å². The molecule has 0 aliphatic carbocycles. The standard InChI is InChI=1S/C13H27/c1-7-11(3)9-13(5,6)10-12(4)8-2/h11-12H,1,7-10H2,2-6H3. The Kier molecular flexibility index (Phi) is 5.67. The molecule has 0 aliphatic heterocycles. The smallest absolute Gasteiger partial charge is 0.0349 e. The van der Waals surface area contributed by atoms with Crippen molar-refractivity contribution in [3.63, 3.8) is 0 Å². The van der Waals surface area contributed by atoms with Crippen molar-refractivity contribution in [3.8, 4) is 0 Å². The molecule has 1 radical (unpaired) electrons. The molecule has 0 fully saturated rings. The highest BCUT2D eigenvalue weighted by atomic mass is 14.3. The molecular formula is C13H27. The van der Waals surface area contributed by atoms with Gasteiger partial charge in [0.25, 0.3) is 0 Å². The monoisotopic (exact) mass is 183 g/mol. The summed E-state index contributed by atoms with van der Waals surface area (Å²) in [7, 11) is 0. The van der Waals surface area contributed by atoms with E-state index in [1.165, 1.54) is 19.3 Å². The molecule has 0 aliphatic rings. The Balaban J connectivity index is 3.92. The first-order chi connectivity index (χ1) is 5.91. The minimum atomic E-state index is 0.506. The third-order valence-corrected chi connectivity index (χ3v) is 2.99. The van der Waals surface area contributed by atoms with Crippen molar-refractivity contribution >= 4 is 0 Å². The summed E-state index contributed by atoms with van der Waals surface area (Å²) in [5.74, 6) is 1.64. The van der Waals surface area contributed by atoms with E-state index in [0.717, 1.165) is 18.3 Å². The van der Waals surface area contributed by atoms with Crippen molar-refractivity contribution in [2.75, 3.05) is 0 Å². The second kappa shape index (κ2) is 5.67. The van der Waals surface area contributed by atoms with Crippen molar-refractivity contribution in [2.45, 2.75) is 60.3 Å². The molecule has 2 atom stereocenters. The molecule has 0 spiro atoms. The minimum Gasteiger partial charge on any atom is -0.0651 e. The topological polar surface area (TPSA) is 0 Å². The fourth-order valence-electron chi connectivity index (χ4n) is 2.22. The predicted octanol–water partition coefficient (Wildman–Crippen LogP) is 4.70. The van der Waals surface area contributed by atoms with Crippen LogP contribution in [-0.4, -0.2) is 0 Å². The van der Waals surface area contributed by atoms with Gasteiger partial charge in [0.2, 0.25) is 0 Å². The lowest BCUT2D eigenvalue weighted by Crippen LogP contribution is -2.18. The van der Waals surface area contributed by atoms with E-state index in [-0.39, 0.29) is 0 Å². The maximum Gasteiger partial charge on any atom is -0.0349 e. The van der Waals surface area contributed by atoms with Crippen molar-refractivity contribution in [1.29, 1.82) is 0 Å². The van der Waals surface area contributed by atoms with Crippen LogP contribution in [0.25, 0.3) is 0 Å². The molecule has 0 N–H and O–H groups in total. The Morgan fingerprint density at radius 1 is 1.08 bits per heavy atom. The summed E-state index contributed by atoms with van der Waals surface area (Å²) in [5.41, 5.74) is 0.506. The molecule has 0 nitrogen and oxygen atoms in total. The van der Waals surface area contributed by atoms with E-state index < -0.39 is 0 Å². The van der Waals surface area contributed by atoms with Gasteiger partial charge in [0.1, 0.15) is 0 Å². The van der Waals surface area contributed by atoms with Gasteiger partial charge in [0.15, 0.2) is 0 Å². The molecule has 0 aromatic heterocycles. The Morgan fingerprint density at radius 2 is 1.54 bits per heavy atom. The van der Waals surface area contributed by atoms with Gasteiger partial charge in [-0.1, -0.05) is 54.4 Å². The molecule has 0 heterocycles. The number of rotatable bonds is 6. The van der Waals surface area contributed by atoms with E-state index in [4.69, 9.17) is 0 Å². The molecule has 2 unspecified atom stereocenters. The molecule has 79 valence electrons. The van der Waals surface area contributed by atoms with Crippen LogP contribution in [0.2, 0.25) is 0 Å². The van der Waals surface area contributed by atoms with Crippen LogP contribution in [0.3, 0.4) is 0 Å². The SMILES string of the molecule is [CH2]CC(C)CC(C)(C)CC(C)CC. The maximum atomic E-state index is 3.97. The number of hydrogen-bond acceptors (Lipinski definition) is 0. The summed E-state index contributed by atoms with van der Waals surface area (Å²) >= 11 is 0. The largest absolute Gasteiger partial charge is 0.0651 e. The van der Waals surface area contributed by atoms with Gasteiger partial charge in [0.05, 0.1) is 0 Å². The fraction of sp³-hybridized carbons (Fsp3) is 0.923. The predicted molar refractivity (Wildman–Crippen MR) is 61.6 cm³/mol. The Hall–Kier alpha value is 0. The quantitative estimate of drug-likeness (QED) is 0.560. The molecule has 0 aromatic rings. The average Bonchev–Trinajstić information content (AvgIpc) is 2.02. The first kappa shape index (κ1) is 13.0. The van der Waals surface area contributed by atoms with Crippen molar-refractivity contribution < 1.29 is 0 Å². The molecule has 0 saturated carbocycles. The highest BCUT2D eigenvalue weighted by Crippen LogP contribution is 2.34. The van der Waals surface area contributed by atoms with Gasteiger partial charge in [-0.25, -0.2) is 0 Å². The van der Waals surface area contributed by atoms with Crippen LogP contribution in [0.15, 0.2) is 0 Å². The Morgan fingerprint density at radius 3 is 1.92 bits per heavy atom. The average molecular weight is 183 g/mol. The number of hydrogen-bond donors (Lipinski definition) is 0. The Bertz CT molecular complexity index is 110. The van der Waals surface area contributed by atoms with Crippen LogP contribution < -0.4 is 0 Å². The van der Waals surface area contributed by atoms with Gasteiger partial charge >= 0.3 is 0 Å². The second-order valence-corrected chi connectivity index (χ2v) is 5.48. The molecular weight excluding hydrogens is 156 g/mol. The summed E-state index contributed by atoms with van der Waals surface area (Å²) in [6, 6.07) is 0. The maximum absolute atomic E-state index is 3.97. The lowest BCUT2D eigenvalue weighted by molar-refractivity contribution is 0.217. The summed E-state index contributed by atoms with van der Waals surface area (Å²) in [4.78, 5) is 0. The van der Waals surface area contributed by atoms with Gasteiger partial charge in [-0.05, 0) is 30.1 Å². The van der Waals surface area contributed by atoms with Gasteiger partial charge in [-0.2, -0.15) is 0 Å². The highest BCUT2D eigenvalue weighted by molar-refractivity contribution is 4.74. The van der Waals surface area contributed by atoms with Gasteiger partial charge < -0.3 is 0 Å². The third-order valence-electron chi connectivity index (χ3n) is 2.99. The molecule has 13 heavy (non-hydrogen) atoms. The molecule has 0 amide bonds. The van der Waals surface area contributed by atoms with Crippen molar-refractivity contribution in [1.82, 2.24) is 0 Å². The summed E-state index contributed by atoms with van der Waals surface area (Å²) in [6.45, 7) is 15.7. The van der Waals surface area contributed by atoms with E-state index >= 15 is 0 Å². The van der Waals surface area contributed by atoms with Gasteiger partial charge in [-0.3, -0.25) is 0 Å². The van der Waals surface area contributed by atoms with E-state index in [2.05, 4.69) is 41.5 Å². The van der Waals surface area contributed by atoms with Crippen LogP contribution in [0.1, 0.15) is 60.3 Å². The normalized spacial score (nSPS) is 17.1. The zero-order valence-corrected chi connectivity index (χ0v) is 10.2. The zero-order chi connectivity index (χ0) is 10.5. The minimum absolute atomic E-state index is 0.506. The molecule has 0 aromatic carbocycles. The van der Waals surface area contributed by atoms with E-state index in [1.807, 2.05) is 0 Å². The molecule has 0 rings (SSSR count). The summed E-state index contributed by atoms with van der Waals surface area (Å²) in [6.07, 6.45) is 5.06. The van der Waals surface area contributed by atoms with Crippen molar-refractivity contribution in [2.24, 2.45) is 17.3 Å². The van der Waals surface area contributed by atoms with Gasteiger partial charge in [0, 0.05) is 0 Å². The van der Waals surface area contributed by atoms with Crippen LogP contribution in [0, 0.1) is 24.2 Å². The lowest BCUT2D eigenvalue weighted by Gasteiger charge is -2.30. The van der Waals surface area contributed by atoms with E-state index in [9.17, 15) is 0 Å². The first-order valence-corrected chi connectivity index (χ1v) is 5.70. The van der Waals surface area contributed by atoms with Crippen LogP contribution in [0.5, 0.6) is 0 Å². The summed E-state index contributed by atoms with van der Waals surface area (Å²) in [5, 5.41) is 0. The van der Waals surface area contributed by atoms with Gasteiger partial charge in [-0.15, -0.1) is 0 Å². The van der Waals surface area contributed by atoms with E-state index in [0.29, 0.717) is 5.41 Å². The fourth-order valence-corrected chi connectivity index (χ4v) is 2.22. The van der Waals surface area contributed by atoms with Crippen LogP contribution >= 0.6 is 0 Å². The zero-order valence-electron chi connectivity index (χ0n) is 10.2. The molecule has 0 heteroatoms. The van der Waals surface area contributed by atoms with Crippen LogP contribution in [-0.2, 0) is 0 Å². The highest BCUT2D eigenvalue weighted by Gasteiger charge is 2.22. The van der Waals surface area contributed by atoms with Crippen molar-refractivity contribution in [3.05, 3.63) is 6.92 Å². The molecule has 0 bridgehead atoms. The molecule has 0 saturated heterocycles. The summed E-state index contributed by atoms with van der Waals surface area (Å²) < 4.78 is 0. The first-order valence-electron chi connectivity index (χ1n) is 5.70.